The van der Waals surface area contributed by atoms with Gasteiger partial charge in [-0.05, 0) is 25.0 Å². The van der Waals surface area contributed by atoms with Crippen molar-refractivity contribution in [1.29, 1.82) is 0 Å². The Morgan fingerprint density at radius 1 is 1.35 bits per heavy atom. The van der Waals surface area contributed by atoms with Crippen LogP contribution < -0.4 is 9.61 Å². The molecule has 2 atom stereocenters. The average Bonchev–Trinajstić information content (AvgIpc) is 2.42. The second-order valence-electron chi connectivity index (χ2n) is 4.14. The number of para-hydroxylation sites is 1. The summed E-state index contributed by atoms with van der Waals surface area (Å²) in [6, 6.07) is 7.78. The normalized spacial score (nSPS) is 15.2. The Hall–Kier alpha value is -1.03. The summed E-state index contributed by atoms with van der Waals surface area (Å²) in [4.78, 5) is 11.7. The van der Waals surface area contributed by atoms with E-state index < -0.39 is 18.9 Å². The van der Waals surface area contributed by atoms with Crippen LogP contribution in [0, 0.1) is 0 Å². The molecule has 0 saturated heterocycles. The van der Waals surface area contributed by atoms with E-state index in [0.29, 0.717) is 18.8 Å². The molecule has 20 heavy (non-hydrogen) atoms. The van der Waals surface area contributed by atoms with Gasteiger partial charge >= 0.3 is 12.8 Å². The number of hydrogen-bond acceptors (Lipinski definition) is 4. The molecule has 0 radical (unpaired) electrons. The summed E-state index contributed by atoms with van der Waals surface area (Å²) in [5, 5.41) is 2.52. The van der Waals surface area contributed by atoms with E-state index in [9.17, 15) is 9.36 Å². The van der Waals surface area contributed by atoms with Crippen LogP contribution in [0.4, 0.5) is 0 Å². The molecule has 0 aliphatic heterocycles. The van der Waals surface area contributed by atoms with E-state index in [-0.39, 0.29) is 0 Å². The highest BCUT2D eigenvalue weighted by Crippen LogP contribution is 2.48. The van der Waals surface area contributed by atoms with Gasteiger partial charge in [-0.3, -0.25) is 4.79 Å². The van der Waals surface area contributed by atoms with Crippen molar-refractivity contribution in [2.24, 2.45) is 0 Å². The molecular weight excluding hydrogens is 301 g/mol. The molecule has 7 heteroatoms. The highest BCUT2D eigenvalue weighted by atomic mass is 35.7. The summed E-state index contributed by atoms with van der Waals surface area (Å²) >= 11 is 5.84. The second-order valence-corrected chi connectivity index (χ2v) is 6.88. The lowest BCUT2D eigenvalue weighted by atomic mass is 10.2. The van der Waals surface area contributed by atoms with Crippen LogP contribution in [0.5, 0.6) is 5.75 Å². The van der Waals surface area contributed by atoms with E-state index in [1.807, 2.05) is 6.92 Å². The van der Waals surface area contributed by atoms with Crippen LogP contribution in [0.15, 0.2) is 30.3 Å². The van der Waals surface area contributed by atoms with Gasteiger partial charge in [-0.2, -0.15) is 0 Å². The fourth-order valence-electron chi connectivity index (χ4n) is 1.44. The van der Waals surface area contributed by atoms with Gasteiger partial charge in [0.2, 0.25) is 0 Å². The van der Waals surface area contributed by atoms with E-state index in [1.54, 1.807) is 37.3 Å². The zero-order valence-corrected chi connectivity index (χ0v) is 13.2. The minimum Gasteiger partial charge on any atom is -0.465 e. The molecule has 0 saturated carbocycles. The minimum absolute atomic E-state index is 0.323. The third-order valence-electron chi connectivity index (χ3n) is 2.42. The number of halogens is 1. The van der Waals surface area contributed by atoms with E-state index in [2.05, 4.69) is 5.09 Å². The van der Waals surface area contributed by atoms with Crippen molar-refractivity contribution in [3.05, 3.63) is 30.3 Å². The lowest BCUT2D eigenvalue weighted by Crippen LogP contribution is -2.35. The number of nitrogens with one attached hydrogen (secondary N) is 1. The van der Waals surface area contributed by atoms with Crippen molar-refractivity contribution in [3.63, 3.8) is 0 Å². The second kappa shape index (κ2) is 8.30. The third kappa shape index (κ3) is 5.95. The van der Waals surface area contributed by atoms with Crippen molar-refractivity contribution in [2.45, 2.75) is 32.7 Å². The SMILES string of the molecule is CCCOC(=O)[C@H](CC)NP(=O)(Cl)Oc1ccccc1. The Bertz CT molecular complexity index is 469. The van der Waals surface area contributed by atoms with Gasteiger partial charge in [-0.15, -0.1) is 0 Å². The zero-order valence-electron chi connectivity index (χ0n) is 11.5. The smallest absolute Gasteiger partial charge is 0.409 e. The van der Waals surface area contributed by atoms with Crippen molar-refractivity contribution in [2.75, 3.05) is 6.61 Å². The third-order valence-corrected chi connectivity index (χ3v) is 3.98. The lowest BCUT2D eigenvalue weighted by Gasteiger charge is -2.19. The Morgan fingerprint density at radius 2 is 2.00 bits per heavy atom. The highest BCUT2D eigenvalue weighted by Gasteiger charge is 2.29. The number of esters is 1. The maximum Gasteiger partial charge on any atom is 0.409 e. The fourth-order valence-corrected chi connectivity index (χ4v) is 3.14. The molecule has 0 heterocycles. The molecule has 1 aromatic rings. The van der Waals surface area contributed by atoms with E-state index in [0.717, 1.165) is 6.42 Å². The topological polar surface area (TPSA) is 64.6 Å². The molecule has 0 fully saturated rings. The molecule has 0 aromatic heterocycles. The first-order valence-electron chi connectivity index (χ1n) is 6.47. The van der Waals surface area contributed by atoms with Gasteiger partial charge in [0.25, 0.3) is 0 Å². The van der Waals surface area contributed by atoms with Gasteiger partial charge in [0.15, 0.2) is 0 Å². The molecule has 0 aliphatic carbocycles. The first-order chi connectivity index (χ1) is 9.48. The molecule has 1 N–H and O–H groups in total. The van der Waals surface area contributed by atoms with E-state index in [1.165, 1.54) is 0 Å². The summed E-state index contributed by atoms with van der Waals surface area (Å²) in [6.45, 7) is 0.334. The van der Waals surface area contributed by atoms with Crippen LogP contribution in [-0.2, 0) is 14.1 Å². The number of ether oxygens (including phenoxy) is 1. The Morgan fingerprint density at radius 3 is 2.55 bits per heavy atom. The molecule has 1 unspecified atom stereocenters. The lowest BCUT2D eigenvalue weighted by molar-refractivity contribution is -0.145. The number of carbonyl (C=O) groups excluding carboxylic acids is 1. The maximum absolute atomic E-state index is 12.2. The highest BCUT2D eigenvalue weighted by molar-refractivity contribution is 7.84. The maximum atomic E-state index is 12.2. The van der Waals surface area contributed by atoms with Gasteiger partial charge in [0.05, 0.1) is 6.61 Å². The first kappa shape index (κ1) is 17.0. The summed E-state index contributed by atoms with van der Waals surface area (Å²) in [5.74, 6) is -0.109. The van der Waals surface area contributed by atoms with Gasteiger partial charge in [0, 0.05) is 11.2 Å². The molecule has 1 aromatic carbocycles. The van der Waals surface area contributed by atoms with Crippen molar-refractivity contribution in [3.8, 4) is 5.75 Å². The van der Waals surface area contributed by atoms with E-state index in [4.69, 9.17) is 20.5 Å². The summed E-state index contributed by atoms with van der Waals surface area (Å²) in [5.41, 5.74) is 0. The van der Waals surface area contributed by atoms with Crippen molar-refractivity contribution in [1.82, 2.24) is 5.09 Å². The quantitative estimate of drug-likeness (QED) is 0.584. The Labute approximate surface area is 123 Å². The Kier molecular flexibility index (Phi) is 7.06. The number of carbonyl (C=O) groups is 1. The van der Waals surface area contributed by atoms with Crippen molar-refractivity contribution < 1.29 is 18.6 Å². The molecule has 1 rings (SSSR count). The number of hydrogen-bond donors (Lipinski definition) is 1. The van der Waals surface area contributed by atoms with Gasteiger partial charge in [-0.1, -0.05) is 32.0 Å². The van der Waals surface area contributed by atoms with Crippen LogP contribution >= 0.6 is 18.1 Å². The molecule has 0 spiro atoms. The zero-order chi connectivity index (χ0) is 15.0. The molecule has 0 bridgehead atoms. The van der Waals surface area contributed by atoms with Gasteiger partial charge in [-0.25, -0.2) is 9.65 Å². The number of rotatable bonds is 8. The van der Waals surface area contributed by atoms with Crippen molar-refractivity contribution >= 4 is 24.1 Å². The largest absolute Gasteiger partial charge is 0.465 e. The predicted octanol–water partition coefficient (Wildman–Crippen LogP) is 3.73. The summed E-state index contributed by atoms with van der Waals surface area (Å²) in [7, 11) is 0. The first-order valence-corrected chi connectivity index (χ1v) is 9.00. The average molecular weight is 320 g/mol. The van der Waals surface area contributed by atoms with Crippen LogP contribution in [-0.4, -0.2) is 18.6 Å². The van der Waals surface area contributed by atoms with Gasteiger partial charge in [0.1, 0.15) is 11.8 Å². The standard InChI is InChI=1S/C13H19ClNO4P/c1-3-10-18-13(16)12(4-2)15-20(14,17)19-11-8-6-5-7-9-11/h5-9,12H,3-4,10H2,1-2H3,(H,15,17)/t12-,20?/m0/s1. The van der Waals surface area contributed by atoms with Crippen LogP contribution in [0.1, 0.15) is 26.7 Å². The molecule has 0 amide bonds. The molecule has 5 nitrogen and oxygen atoms in total. The minimum atomic E-state index is -3.65. The fraction of sp³-hybridized carbons (Fsp3) is 0.462. The van der Waals surface area contributed by atoms with E-state index >= 15 is 0 Å². The predicted molar refractivity (Wildman–Crippen MR) is 79.0 cm³/mol. The molecule has 0 aliphatic rings. The molecular formula is C13H19ClNO4P. The summed E-state index contributed by atoms with van der Waals surface area (Å²) in [6.07, 6.45) is 1.12. The monoisotopic (exact) mass is 319 g/mol. The number of benzene rings is 1. The summed E-state index contributed by atoms with van der Waals surface area (Å²) < 4.78 is 22.3. The van der Waals surface area contributed by atoms with Gasteiger partial charge < -0.3 is 9.26 Å². The van der Waals surface area contributed by atoms with Crippen LogP contribution in [0.2, 0.25) is 0 Å². The Balaban J connectivity index is 2.63. The molecule has 112 valence electrons. The van der Waals surface area contributed by atoms with Crippen LogP contribution in [0.3, 0.4) is 0 Å². The van der Waals surface area contributed by atoms with Crippen LogP contribution in [0.25, 0.3) is 0 Å².